The van der Waals surface area contributed by atoms with Crippen LogP contribution in [0.1, 0.15) is 226 Å². The Balaban J connectivity index is 4.81. The molecule has 2 N–H and O–H groups in total. The van der Waals surface area contributed by atoms with Gasteiger partial charge in [-0.3, -0.25) is 23.4 Å². The third-order valence-electron chi connectivity index (χ3n) is 11.7. The molecule has 11 nitrogen and oxygen atoms in total. The average Bonchev–Trinajstić information content (AvgIpc) is 3.39. The summed E-state index contributed by atoms with van der Waals surface area (Å²) < 4.78 is 39.4. The molecule has 0 amide bonds. The Hall–Kier alpha value is -3.86. The predicted molar refractivity (Wildman–Crippen MR) is 307 cm³/mol. The number of unbranched alkanes of at least 4 members (excludes halogenated alkanes) is 17. The Morgan fingerprint density at radius 2 is 0.730 bits per heavy atom. The van der Waals surface area contributed by atoms with Gasteiger partial charge in [0.15, 0.2) is 6.10 Å². The van der Waals surface area contributed by atoms with Crippen LogP contribution in [0.3, 0.4) is 0 Å². The highest BCUT2D eigenvalue weighted by atomic mass is 31.2. The monoisotopic (exact) mass is 1050 g/mol. The Bertz CT molecular complexity index is 1660. The van der Waals surface area contributed by atoms with Crippen molar-refractivity contribution in [2.24, 2.45) is 0 Å². The fourth-order valence-electron chi connectivity index (χ4n) is 7.35. The fraction of sp³-hybridized carbons (Fsp3) is 0.661. The van der Waals surface area contributed by atoms with Crippen molar-refractivity contribution in [2.45, 2.75) is 238 Å². The Labute approximate surface area is 450 Å². The number of esters is 3. The minimum atomic E-state index is -4.77. The Kier molecular flexibility index (Phi) is 52.5. The summed E-state index contributed by atoms with van der Waals surface area (Å²) in [6, 6.07) is 0. The molecule has 0 saturated heterocycles. The van der Waals surface area contributed by atoms with Gasteiger partial charge in [-0.15, -0.1) is 0 Å². The van der Waals surface area contributed by atoms with Crippen LogP contribution < -0.4 is 0 Å². The van der Waals surface area contributed by atoms with Gasteiger partial charge in [0.1, 0.15) is 12.7 Å². The van der Waals surface area contributed by atoms with E-state index in [1.54, 1.807) is 0 Å². The van der Waals surface area contributed by atoms with Crippen molar-refractivity contribution in [2.75, 3.05) is 26.4 Å². The largest absolute Gasteiger partial charge is 0.472 e. The maximum atomic E-state index is 12.9. The zero-order valence-electron chi connectivity index (χ0n) is 46.5. The van der Waals surface area contributed by atoms with Gasteiger partial charge in [0, 0.05) is 19.3 Å². The third kappa shape index (κ3) is 53.0. The number of hydrogen-bond acceptors (Lipinski definition) is 10. The van der Waals surface area contributed by atoms with Crippen LogP contribution in [0.5, 0.6) is 0 Å². The first-order valence-corrected chi connectivity index (χ1v) is 30.3. The van der Waals surface area contributed by atoms with Crippen LogP contribution in [0.2, 0.25) is 0 Å². The maximum Gasteiger partial charge on any atom is 0.472 e. The van der Waals surface area contributed by atoms with E-state index in [0.717, 1.165) is 128 Å². The molecule has 0 heterocycles. The molecule has 0 radical (unpaired) electrons. The number of hydrogen-bond donors (Lipinski definition) is 2. The van der Waals surface area contributed by atoms with Gasteiger partial charge in [0.25, 0.3) is 0 Å². The average molecular weight is 1060 g/mol. The number of rotatable bonds is 52. The molecule has 0 aromatic carbocycles. The topological polar surface area (TPSA) is 155 Å². The summed E-state index contributed by atoms with van der Waals surface area (Å²) in [5, 5.41) is 9.81. The van der Waals surface area contributed by atoms with Gasteiger partial charge in [-0.25, -0.2) is 4.57 Å². The van der Waals surface area contributed by atoms with Gasteiger partial charge in [-0.05, 0) is 109 Å². The van der Waals surface area contributed by atoms with Crippen LogP contribution in [0.4, 0.5) is 0 Å². The summed E-state index contributed by atoms with van der Waals surface area (Å²) in [6.45, 7) is 4.29. The van der Waals surface area contributed by atoms with Crippen molar-refractivity contribution in [3.8, 4) is 0 Å². The summed E-state index contributed by atoms with van der Waals surface area (Å²) >= 11 is 0. The van der Waals surface area contributed by atoms with Gasteiger partial charge in [0.05, 0.1) is 19.8 Å². The van der Waals surface area contributed by atoms with Crippen molar-refractivity contribution in [1.82, 2.24) is 0 Å². The number of carbonyl (C=O) groups excluding carboxylic acids is 3. The molecule has 0 aromatic heterocycles. The zero-order valence-corrected chi connectivity index (χ0v) is 47.4. The van der Waals surface area contributed by atoms with E-state index in [2.05, 4.69) is 118 Å². The number of carbonyl (C=O) groups is 3. The van der Waals surface area contributed by atoms with E-state index in [1.165, 1.54) is 38.5 Å². The smallest absolute Gasteiger partial charge is 0.462 e. The lowest BCUT2D eigenvalue weighted by Gasteiger charge is -2.21. The summed E-state index contributed by atoms with van der Waals surface area (Å²) in [5.74, 6) is -1.60. The third-order valence-corrected chi connectivity index (χ3v) is 12.6. The first kappa shape index (κ1) is 70.1. The summed E-state index contributed by atoms with van der Waals surface area (Å²) in [7, 11) is -4.77. The van der Waals surface area contributed by atoms with E-state index in [0.29, 0.717) is 19.3 Å². The number of aliphatic hydroxyl groups is 1. The molecule has 422 valence electrons. The highest BCUT2D eigenvalue weighted by Crippen LogP contribution is 2.43. The molecular formula is C62H103O11P. The fourth-order valence-corrected chi connectivity index (χ4v) is 8.14. The molecule has 0 saturated carbocycles. The lowest BCUT2D eigenvalue weighted by molar-refractivity contribution is -0.161. The SMILES string of the molecule is CC/C=C\C/C=C\C/C=C\C/C=C\CCCCCCCCC(=O)OC(COC(=O)CC/C=C\C/C=C\C/C=C\C/C=C\CC)COP(=O)(O)OCC(CO)OC(=O)CCCCCCC/C=C\CCCCCCCC. The molecule has 12 heteroatoms. The molecule has 0 aromatic rings. The second-order valence-corrected chi connectivity index (χ2v) is 20.1. The Morgan fingerprint density at radius 1 is 0.392 bits per heavy atom. The molecule has 0 aliphatic heterocycles. The molecule has 0 rings (SSSR count). The van der Waals surface area contributed by atoms with E-state index in [1.807, 2.05) is 12.2 Å². The molecular weight excluding hydrogens is 952 g/mol. The minimum Gasteiger partial charge on any atom is -0.462 e. The lowest BCUT2D eigenvalue weighted by Crippen LogP contribution is -2.30. The van der Waals surface area contributed by atoms with E-state index < -0.39 is 57.8 Å². The standard InChI is InChI=1S/C62H103O11P/c1-4-7-10-13-16-19-22-25-27-28-29-30-32-35-38-41-44-47-50-53-62(66)73-59(55-69-60(64)51-48-45-42-39-36-33-24-21-18-15-12-9-6-3)57-71-74(67,68)70-56-58(54-63)72-61(65)52-49-46-43-40-37-34-31-26-23-20-17-14-11-8-5-2/h7,9-10,12,16,18-19,21,25-27,29-31,33,36,42,45,58-59,63H,4-6,8,11,13-15,17,20,22-24,28,32,34-35,37-41,43-44,46-57H2,1-3H3,(H,67,68)/b10-7-,12-9-,19-16-,21-18-,27-25-,30-29-,31-26-,36-33-,45-42-. The molecule has 3 unspecified atom stereocenters. The zero-order chi connectivity index (χ0) is 54.1. The van der Waals surface area contributed by atoms with Crippen LogP contribution in [0, 0.1) is 0 Å². The van der Waals surface area contributed by atoms with Gasteiger partial charge >= 0.3 is 25.7 Å². The highest BCUT2D eigenvalue weighted by Gasteiger charge is 2.28. The molecule has 3 atom stereocenters. The number of phosphoric ester groups is 1. The quantitative estimate of drug-likeness (QED) is 0.0197. The normalized spacial score (nSPS) is 14.2. The van der Waals surface area contributed by atoms with Crippen molar-refractivity contribution >= 4 is 25.7 Å². The Morgan fingerprint density at radius 3 is 1.15 bits per heavy atom. The maximum absolute atomic E-state index is 12.9. The van der Waals surface area contributed by atoms with Crippen LogP contribution >= 0.6 is 7.82 Å². The van der Waals surface area contributed by atoms with Gasteiger partial charge < -0.3 is 24.2 Å². The van der Waals surface area contributed by atoms with Crippen molar-refractivity contribution in [3.05, 3.63) is 109 Å². The minimum absolute atomic E-state index is 0.0966. The second kappa shape index (κ2) is 55.4. The van der Waals surface area contributed by atoms with E-state index in [-0.39, 0.29) is 25.9 Å². The molecule has 0 bridgehead atoms. The summed E-state index contributed by atoms with van der Waals surface area (Å²) in [5.41, 5.74) is 0. The lowest BCUT2D eigenvalue weighted by atomic mass is 10.1. The number of phosphoric acid groups is 1. The second-order valence-electron chi connectivity index (χ2n) is 18.7. The first-order chi connectivity index (χ1) is 36.2. The van der Waals surface area contributed by atoms with Crippen molar-refractivity contribution < 1.29 is 52.2 Å². The van der Waals surface area contributed by atoms with E-state index >= 15 is 0 Å². The van der Waals surface area contributed by atoms with Crippen LogP contribution in [0.15, 0.2) is 109 Å². The van der Waals surface area contributed by atoms with Crippen LogP contribution in [-0.2, 0) is 42.2 Å². The highest BCUT2D eigenvalue weighted by molar-refractivity contribution is 7.47. The van der Waals surface area contributed by atoms with Gasteiger partial charge in [-0.2, -0.15) is 0 Å². The molecule has 0 fully saturated rings. The van der Waals surface area contributed by atoms with E-state index in [4.69, 9.17) is 23.3 Å². The number of aliphatic hydroxyl groups excluding tert-OH is 1. The number of ether oxygens (including phenoxy) is 3. The number of allylic oxidation sites excluding steroid dienone is 18. The summed E-state index contributed by atoms with van der Waals surface area (Å²) in [4.78, 5) is 48.5. The first-order valence-electron chi connectivity index (χ1n) is 28.8. The van der Waals surface area contributed by atoms with Crippen LogP contribution in [-0.4, -0.2) is 66.5 Å². The van der Waals surface area contributed by atoms with Gasteiger partial charge in [-0.1, -0.05) is 207 Å². The van der Waals surface area contributed by atoms with Crippen LogP contribution in [0.25, 0.3) is 0 Å². The van der Waals surface area contributed by atoms with Crippen molar-refractivity contribution in [1.29, 1.82) is 0 Å². The van der Waals surface area contributed by atoms with Crippen molar-refractivity contribution in [3.63, 3.8) is 0 Å². The van der Waals surface area contributed by atoms with E-state index in [9.17, 15) is 28.9 Å². The predicted octanol–water partition coefficient (Wildman–Crippen LogP) is 17.0. The molecule has 0 aliphatic carbocycles. The molecule has 74 heavy (non-hydrogen) atoms. The van der Waals surface area contributed by atoms with Gasteiger partial charge in [0.2, 0.25) is 0 Å². The molecule has 0 aliphatic rings. The summed E-state index contributed by atoms with van der Waals surface area (Å²) in [6.07, 6.45) is 66.3. The molecule has 0 spiro atoms.